The maximum absolute atomic E-state index is 13.4. The predicted octanol–water partition coefficient (Wildman–Crippen LogP) is 3.33. The summed E-state index contributed by atoms with van der Waals surface area (Å²) in [5, 5.41) is 7.28. The van der Waals surface area contributed by atoms with E-state index in [-0.39, 0.29) is 24.8 Å². The Morgan fingerprint density at radius 2 is 1.76 bits per heavy atom. The largest absolute Gasteiger partial charge is 0.490 e. The molecule has 0 radical (unpaired) electrons. The zero-order valence-electron chi connectivity index (χ0n) is 11.1. The molecule has 0 aliphatic carbocycles. The summed E-state index contributed by atoms with van der Waals surface area (Å²) in [7, 11) is 0. The molecule has 0 spiro atoms. The van der Waals surface area contributed by atoms with Gasteiger partial charge in [-0.15, -0.1) is 0 Å². The first kappa shape index (κ1) is 15.3. The van der Waals surface area contributed by atoms with E-state index in [0.29, 0.717) is 11.3 Å². The van der Waals surface area contributed by atoms with Crippen molar-refractivity contribution >= 4 is 21.8 Å². The van der Waals surface area contributed by atoms with E-state index in [0.717, 1.165) is 4.47 Å². The van der Waals surface area contributed by atoms with E-state index >= 15 is 0 Å². The molecule has 2 rings (SSSR count). The van der Waals surface area contributed by atoms with Crippen LogP contribution in [0.25, 0.3) is 0 Å². The second-order valence-corrected chi connectivity index (χ2v) is 5.13. The third-order valence-electron chi connectivity index (χ3n) is 2.67. The van der Waals surface area contributed by atoms with Crippen molar-refractivity contribution < 1.29 is 13.9 Å². The molecule has 0 saturated heterocycles. The molecular formula is C15H14BrFN2O2. The van der Waals surface area contributed by atoms with Gasteiger partial charge in [-0.1, -0.05) is 15.9 Å². The standard InChI is InChI=1S/C15H14BrFN2O2/c16-11-3-6-13(17)14(9-11)21-8-7-20-12-4-1-10(2-5-12)15(18)19/h1-6,9H,7-8H2,(H3,18,19). The fourth-order valence-electron chi connectivity index (χ4n) is 1.63. The molecule has 0 amide bonds. The van der Waals surface area contributed by atoms with E-state index in [1.165, 1.54) is 6.07 Å². The van der Waals surface area contributed by atoms with Crippen molar-refractivity contribution in [1.29, 1.82) is 5.41 Å². The second kappa shape index (κ2) is 7.08. The van der Waals surface area contributed by atoms with Gasteiger partial charge in [0, 0.05) is 10.0 Å². The Balaban J connectivity index is 1.81. The minimum atomic E-state index is -0.413. The van der Waals surface area contributed by atoms with Crippen molar-refractivity contribution in [2.45, 2.75) is 0 Å². The normalized spacial score (nSPS) is 10.2. The lowest BCUT2D eigenvalue weighted by Gasteiger charge is -2.09. The Morgan fingerprint density at radius 3 is 2.43 bits per heavy atom. The quantitative estimate of drug-likeness (QED) is 0.476. The molecule has 3 N–H and O–H groups in total. The predicted molar refractivity (Wildman–Crippen MR) is 82.5 cm³/mol. The summed E-state index contributed by atoms with van der Waals surface area (Å²) >= 11 is 3.25. The summed E-state index contributed by atoms with van der Waals surface area (Å²) < 4.78 is 25.0. The van der Waals surface area contributed by atoms with Gasteiger partial charge in [0.2, 0.25) is 0 Å². The van der Waals surface area contributed by atoms with Crippen LogP contribution in [0.3, 0.4) is 0 Å². The molecule has 6 heteroatoms. The smallest absolute Gasteiger partial charge is 0.165 e. The first-order valence-electron chi connectivity index (χ1n) is 6.21. The number of ether oxygens (including phenoxy) is 2. The van der Waals surface area contributed by atoms with Gasteiger partial charge < -0.3 is 15.2 Å². The van der Waals surface area contributed by atoms with Gasteiger partial charge in [-0.05, 0) is 42.5 Å². The lowest BCUT2D eigenvalue weighted by atomic mass is 10.2. The number of hydrogen-bond donors (Lipinski definition) is 2. The van der Waals surface area contributed by atoms with Crippen LogP contribution in [0.4, 0.5) is 4.39 Å². The molecule has 0 aliphatic heterocycles. The van der Waals surface area contributed by atoms with Crippen LogP contribution >= 0.6 is 15.9 Å². The number of benzene rings is 2. The van der Waals surface area contributed by atoms with Crippen molar-refractivity contribution in [2.75, 3.05) is 13.2 Å². The van der Waals surface area contributed by atoms with Gasteiger partial charge in [0.05, 0.1) is 0 Å². The average molecular weight is 353 g/mol. The van der Waals surface area contributed by atoms with Gasteiger partial charge in [0.25, 0.3) is 0 Å². The lowest BCUT2D eigenvalue weighted by molar-refractivity contribution is 0.211. The van der Waals surface area contributed by atoms with Crippen LogP contribution in [-0.4, -0.2) is 19.0 Å². The van der Waals surface area contributed by atoms with Gasteiger partial charge in [-0.3, -0.25) is 5.41 Å². The van der Waals surface area contributed by atoms with Crippen LogP contribution in [0.15, 0.2) is 46.9 Å². The van der Waals surface area contributed by atoms with Crippen LogP contribution in [0.1, 0.15) is 5.56 Å². The van der Waals surface area contributed by atoms with E-state index in [2.05, 4.69) is 15.9 Å². The number of halogens is 2. The summed E-state index contributed by atoms with van der Waals surface area (Å²) in [5.74, 6) is 0.414. The highest BCUT2D eigenvalue weighted by atomic mass is 79.9. The van der Waals surface area contributed by atoms with Crippen LogP contribution in [0, 0.1) is 11.2 Å². The molecule has 0 heterocycles. The number of nitrogens with two attached hydrogens (primary N) is 1. The Kier molecular flexibility index (Phi) is 5.16. The molecular weight excluding hydrogens is 339 g/mol. The molecule has 0 saturated carbocycles. The molecule has 0 atom stereocenters. The molecule has 21 heavy (non-hydrogen) atoms. The number of nitrogen functional groups attached to an aromatic ring is 1. The molecule has 0 bridgehead atoms. The molecule has 0 unspecified atom stereocenters. The Morgan fingerprint density at radius 1 is 1.10 bits per heavy atom. The maximum atomic E-state index is 13.4. The van der Waals surface area contributed by atoms with Crippen LogP contribution in [0.5, 0.6) is 11.5 Å². The first-order chi connectivity index (χ1) is 10.1. The summed E-state index contributed by atoms with van der Waals surface area (Å²) in [5.41, 5.74) is 5.99. The van der Waals surface area contributed by atoms with Crippen molar-refractivity contribution in [2.24, 2.45) is 5.73 Å². The van der Waals surface area contributed by atoms with Crippen LogP contribution in [0.2, 0.25) is 0 Å². The third kappa shape index (κ3) is 4.46. The summed E-state index contributed by atoms with van der Waals surface area (Å²) in [6.07, 6.45) is 0. The Hall–Kier alpha value is -2.08. The highest BCUT2D eigenvalue weighted by molar-refractivity contribution is 9.10. The topological polar surface area (TPSA) is 68.3 Å². The van der Waals surface area contributed by atoms with Crippen LogP contribution in [-0.2, 0) is 0 Å². The molecule has 0 aliphatic rings. The molecule has 110 valence electrons. The first-order valence-corrected chi connectivity index (χ1v) is 7.00. The molecule has 0 fully saturated rings. The molecule has 4 nitrogen and oxygen atoms in total. The van der Waals surface area contributed by atoms with Gasteiger partial charge in [-0.25, -0.2) is 4.39 Å². The van der Waals surface area contributed by atoms with Crippen molar-refractivity contribution in [3.05, 3.63) is 58.3 Å². The highest BCUT2D eigenvalue weighted by Gasteiger charge is 2.04. The van der Waals surface area contributed by atoms with Crippen molar-refractivity contribution in [3.63, 3.8) is 0 Å². The average Bonchev–Trinajstić information content (AvgIpc) is 2.47. The SMILES string of the molecule is N=C(N)c1ccc(OCCOc2cc(Br)ccc2F)cc1. The van der Waals surface area contributed by atoms with E-state index in [1.54, 1.807) is 36.4 Å². The van der Waals surface area contributed by atoms with E-state index in [9.17, 15) is 4.39 Å². The minimum absolute atomic E-state index is 0.00927. The maximum Gasteiger partial charge on any atom is 0.165 e. The number of amidine groups is 1. The molecule has 2 aromatic carbocycles. The number of nitrogens with one attached hydrogen (secondary N) is 1. The van der Waals surface area contributed by atoms with Crippen LogP contribution < -0.4 is 15.2 Å². The number of hydrogen-bond acceptors (Lipinski definition) is 3. The third-order valence-corrected chi connectivity index (χ3v) is 3.16. The van der Waals surface area contributed by atoms with E-state index in [1.807, 2.05) is 0 Å². The summed E-state index contributed by atoms with van der Waals surface area (Å²) in [4.78, 5) is 0. The van der Waals surface area contributed by atoms with Gasteiger partial charge in [0.1, 0.15) is 24.8 Å². The van der Waals surface area contributed by atoms with Gasteiger partial charge >= 0.3 is 0 Å². The summed E-state index contributed by atoms with van der Waals surface area (Å²) in [6, 6.07) is 11.3. The molecule has 2 aromatic rings. The van der Waals surface area contributed by atoms with E-state index in [4.69, 9.17) is 20.6 Å². The zero-order valence-corrected chi connectivity index (χ0v) is 12.7. The monoisotopic (exact) mass is 352 g/mol. The fraction of sp³-hybridized carbons (Fsp3) is 0.133. The van der Waals surface area contributed by atoms with Gasteiger partial charge in [0.15, 0.2) is 11.6 Å². The zero-order chi connectivity index (χ0) is 15.2. The Bertz CT molecular complexity index is 632. The summed E-state index contributed by atoms with van der Waals surface area (Å²) in [6.45, 7) is 0.507. The Labute approximate surface area is 130 Å². The molecule has 0 aromatic heterocycles. The van der Waals surface area contributed by atoms with E-state index < -0.39 is 5.82 Å². The van der Waals surface area contributed by atoms with Gasteiger partial charge in [-0.2, -0.15) is 0 Å². The van der Waals surface area contributed by atoms with Crippen molar-refractivity contribution in [3.8, 4) is 11.5 Å². The second-order valence-electron chi connectivity index (χ2n) is 4.21. The minimum Gasteiger partial charge on any atom is -0.490 e. The fourth-order valence-corrected chi connectivity index (χ4v) is 1.97. The highest BCUT2D eigenvalue weighted by Crippen LogP contribution is 2.22. The number of rotatable bonds is 6. The van der Waals surface area contributed by atoms with Crippen molar-refractivity contribution in [1.82, 2.24) is 0 Å². The lowest BCUT2D eigenvalue weighted by Crippen LogP contribution is -2.11.